The van der Waals surface area contributed by atoms with Crippen LogP contribution in [0.2, 0.25) is 0 Å². The second-order valence-electron chi connectivity index (χ2n) is 2.74. The molecule has 13 heavy (non-hydrogen) atoms. The predicted molar refractivity (Wildman–Crippen MR) is 42.0 cm³/mol. The highest BCUT2D eigenvalue weighted by Crippen LogP contribution is 2.08. The quantitative estimate of drug-likeness (QED) is 0.576. The molecule has 0 saturated carbocycles. The van der Waals surface area contributed by atoms with E-state index in [0.29, 0.717) is 0 Å². The van der Waals surface area contributed by atoms with Gasteiger partial charge in [-0.3, -0.25) is 10.1 Å². The second-order valence-corrected chi connectivity index (χ2v) is 2.74. The molecule has 1 unspecified atom stereocenters. The van der Waals surface area contributed by atoms with Crippen molar-refractivity contribution in [3.8, 4) is 0 Å². The zero-order valence-electron chi connectivity index (χ0n) is 7.11. The molecule has 1 saturated heterocycles. The van der Waals surface area contributed by atoms with Gasteiger partial charge < -0.3 is 10.0 Å². The van der Waals surface area contributed by atoms with E-state index in [1.54, 1.807) is 6.92 Å². The molecular weight excluding hydrogens is 176 g/mol. The normalized spacial score (nSPS) is 18.7. The van der Waals surface area contributed by atoms with E-state index in [1.807, 2.05) is 5.32 Å². The van der Waals surface area contributed by atoms with Crippen molar-refractivity contribution in [2.24, 2.45) is 0 Å². The molecule has 1 aliphatic rings. The van der Waals surface area contributed by atoms with E-state index in [-0.39, 0.29) is 13.0 Å². The van der Waals surface area contributed by atoms with E-state index in [2.05, 4.69) is 0 Å². The Balaban J connectivity index is 2.75. The maximum Gasteiger partial charge on any atom is 0.326 e. The van der Waals surface area contributed by atoms with E-state index in [9.17, 15) is 14.4 Å². The van der Waals surface area contributed by atoms with Crippen LogP contribution in [0, 0.1) is 0 Å². The number of hydrogen-bond donors (Lipinski definition) is 2. The Bertz CT molecular complexity index is 263. The lowest BCUT2D eigenvalue weighted by molar-refractivity contribution is -0.142. The van der Waals surface area contributed by atoms with Crippen molar-refractivity contribution in [2.45, 2.75) is 19.4 Å². The van der Waals surface area contributed by atoms with E-state index >= 15 is 0 Å². The summed E-state index contributed by atoms with van der Waals surface area (Å²) < 4.78 is 0. The van der Waals surface area contributed by atoms with Gasteiger partial charge in [-0.05, 0) is 6.42 Å². The van der Waals surface area contributed by atoms with Crippen LogP contribution in [0.5, 0.6) is 0 Å². The highest BCUT2D eigenvalue weighted by atomic mass is 16.4. The highest BCUT2D eigenvalue weighted by molar-refractivity contribution is 6.03. The lowest BCUT2D eigenvalue weighted by Gasteiger charge is -2.20. The molecule has 3 amide bonds. The molecule has 1 fully saturated rings. The molecule has 1 atom stereocenters. The lowest BCUT2D eigenvalue weighted by Crippen LogP contribution is -2.42. The van der Waals surface area contributed by atoms with Crippen LogP contribution in [0.4, 0.5) is 4.79 Å². The number of aliphatic carboxylic acids is 1. The molecule has 0 aromatic carbocycles. The van der Waals surface area contributed by atoms with Gasteiger partial charge in [0.2, 0.25) is 5.91 Å². The van der Waals surface area contributed by atoms with Gasteiger partial charge in [-0.15, -0.1) is 0 Å². The number of nitrogens with zero attached hydrogens (tertiary/aromatic N) is 1. The molecule has 0 aromatic rings. The maximum atomic E-state index is 11.0. The van der Waals surface area contributed by atoms with Crippen molar-refractivity contribution < 1.29 is 19.5 Å². The van der Waals surface area contributed by atoms with Crippen molar-refractivity contribution in [1.82, 2.24) is 10.2 Å². The van der Waals surface area contributed by atoms with Crippen LogP contribution in [-0.2, 0) is 9.59 Å². The Hall–Kier alpha value is -1.59. The summed E-state index contributed by atoms with van der Waals surface area (Å²) in [5.41, 5.74) is 0. The minimum Gasteiger partial charge on any atom is -0.480 e. The predicted octanol–water partition coefficient (Wildman–Crippen LogP) is -0.599. The van der Waals surface area contributed by atoms with Crippen molar-refractivity contribution >= 4 is 17.9 Å². The zero-order valence-corrected chi connectivity index (χ0v) is 7.11. The minimum absolute atomic E-state index is 0.163. The van der Waals surface area contributed by atoms with E-state index < -0.39 is 23.9 Å². The maximum absolute atomic E-state index is 11.0. The highest BCUT2D eigenvalue weighted by Gasteiger charge is 2.35. The van der Waals surface area contributed by atoms with Gasteiger partial charge in [0.1, 0.15) is 12.6 Å². The molecule has 2 N–H and O–H groups in total. The summed E-state index contributed by atoms with van der Waals surface area (Å²) >= 11 is 0. The number of carbonyl (C=O) groups excluding carboxylic acids is 2. The summed E-state index contributed by atoms with van der Waals surface area (Å²) in [6.07, 6.45) is 0.288. The molecule has 0 radical (unpaired) electrons. The molecule has 1 rings (SSSR count). The Kier molecular flexibility index (Phi) is 2.50. The first-order valence-electron chi connectivity index (χ1n) is 3.89. The number of amides is 3. The van der Waals surface area contributed by atoms with E-state index in [0.717, 1.165) is 4.90 Å². The third kappa shape index (κ3) is 1.77. The molecule has 0 spiro atoms. The summed E-state index contributed by atoms with van der Waals surface area (Å²) in [5.74, 6) is -1.54. The fraction of sp³-hybridized carbons (Fsp3) is 0.571. The SMILES string of the molecule is CCC(C(=O)O)N1CC(=O)NC1=O. The van der Waals surface area contributed by atoms with Crippen LogP contribution in [0.15, 0.2) is 0 Å². The summed E-state index contributed by atoms with van der Waals surface area (Å²) in [7, 11) is 0. The largest absolute Gasteiger partial charge is 0.480 e. The fourth-order valence-electron chi connectivity index (χ4n) is 1.24. The molecule has 72 valence electrons. The summed E-state index contributed by atoms with van der Waals surface area (Å²) in [6.45, 7) is 1.48. The number of hydrogen-bond acceptors (Lipinski definition) is 3. The average Bonchev–Trinajstić information content (AvgIpc) is 2.31. The Morgan fingerprint density at radius 2 is 2.31 bits per heavy atom. The fourth-order valence-corrected chi connectivity index (χ4v) is 1.24. The van der Waals surface area contributed by atoms with Gasteiger partial charge in [0, 0.05) is 0 Å². The Labute approximate surface area is 74.5 Å². The molecule has 1 heterocycles. The number of carbonyl (C=O) groups is 3. The van der Waals surface area contributed by atoms with E-state index in [1.165, 1.54) is 0 Å². The molecular formula is C7H10N2O4. The number of imide groups is 1. The van der Waals surface area contributed by atoms with Gasteiger partial charge in [0.25, 0.3) is 0 Å². The summed E-state index contributed by atoms with van der Waals surface area (Å²) in [4.78, 5) is 33.4. The van der Waals surface area contributed by atoms with Gasteiger partial charge >= 0.3 is 12.0 Å². The molecule has 0 aromatic heterocycles. The number of carboxylic acids is 1. The zero-order chi connectivity index (χ0) is 10.0. The van der Waals surface area contributed by atoms with Crippen molar-refractivity contribution in [1.29, 1.82) is 0 Å². The van der Waals surface area contributed by atoms with Crippen LogP contribution in [-0.4, -0.2) is 40.5 Å². The van der Waals surface area contributed by atoms with Crippen LogP contribution in [0.25, 0.3) is 0 Å². The van der Waals surface area contributed by atoms with Gasteiger partial charge in [0.05, 0.1) is 0 Å². The monoisotopic (exact) mass is 186 g/mol. The van der Waals surface area contributed by atoms with Crippen molar-refractivity contribution in [3.05, 3.63) is 0 Å². The second kappa shape index (κ2) is 3.42. The molecule has 6 nitrogen and oxygen atoms in total. The molecule has 0 bridgehead atoms. The van der Waals surface area contributed by atoms with Crippen molar-refractivity contribution in [2.75, 3.05) is 6.54 Å². The standard InChI is InChI=1S/C7H10N2O4/c1-2-4(6(11)12)9-3-5(10)8-7(9)13/h4H,2-3H2,1H3,(H,11,12)(H,8,10,13). The first-order valence-corrected chi connectivity index (χ1v) is 3.89. The first kappa shape index (κ1) is 9.50. The number of nitrogens with one attached hydrogen (secondary N) is 1. The molecule has 0 aliphatic carbocycles. The average molecular weight is 186 g/mol. The number of rotatable bonds is 3. The number of carboxylic acid groups (broad SMARTS) is 1. The smallest absolute Gasteiger partial charge is 0.326 e. The van der Waals surface area contributed by atoms with Crippen LogP contribution in [0.3, 0.4) is 0 Å². The molecule has 1 aliphatic heterocycles. The lowest BCUT2D eigenvalue weighted by atomic mass is 10.2. The van der Waals surface area contributed by atoms with Gasteiger partial charge in [-0.1, -0.05) is 6.92 Å². The first-order chi connectivity index (χ1) is 6.06. The van der Waals surface area contributed by atoms with Crippen LogP contribution in [0.1, 0.15) is 13.3 Å². The van der Waals surface area contributed by atoms with Crippen molar-refractivity contribution in [3.63, 3.8) is 0 Å². The summed E-state index contributed by atoms with van der Waals surface area (Å²) in [6, 6.07) is -1.54. The van der Waals surface area contributed by atoms with E-state index in [4.69, 9.17) is 5.11 Å². The summed E-state index contributed by atoms with van der Waals surface area (Å²) in [5, 5.41) is 10.7. The van der Waals surface area contributed by atoms with Crippen LogP contribution >= 0.6 is 0 Å². The van der Waals surface area contributed by atoms with Crippen LogP contribution < -0.4 is 5.32 Å². The minimum atomic E-state index is -1.09. The topological polar surface area (TPSA) is 86.7 Å². The number of urea groups is 1. The Morgan fingerprint density at radius 3 is 2.62 bits per heavy atom. The van der Waals surface area contributed by atoms with Gasteiger partial charge in [0.15, 0.2) is 0 Å². The third-order valence-corrected chi connectivity index (χ3v) is 1.87. The Morgan fingerprint density at radius 1 is 1.69 bits per heavy atom. The molecule has 6 heteroatoms. The third-order valence-electron chi connectivity index (χ3n) is 1.87. The van der Waals surface area contributed by atoms with Gasteiger partial charge in [-0.2, -0.15) is 0 Å². The van der Waals surface area contributed by atoms with Gasteiger partial charge in [-0.25, -0.2) is 9.59 Å².